The topological polar surface area (TPSA) is 72.2 Å². The number of hydrogen-bond donors (Lipinski definition) is 1. The molecule has 1 heterocycles. The first-order valence-corrected chi connectivity index (χ1v) is 6.30. The maximum atomic E-state index is 11.6. The van der Waals surface area contributed by atoms with E-state index >= 15 is 0 Å². The summed E-state index contributed by atoms with van der Waals surface area (Å²) >= 11 is 1.38. The Kier molecular flexibility index (Phi) is 4.04. The van der Waals surface area contributed by atoms with Crippen molar-refractivity contribution in [1.29, 1.82) is 0 Å². The van der Waals surface area contributed by atoms with Gasteiger partial charge in [-0.2, -0.15) is 0 Å². The number of ketones is 1. The summed E-state index contributed by atoms with van der Waals surface area (Å²) in [6, 6.07) is 9.53. The highest BCUT2D eigenvalue weighted by Crippen LogP contribution is 2.15. The Morgan fingerprint density at radius 1 is 1.26 bits per heavy atom. The molecule has 0 spiro atoms. The molecule has 0 aliphatic heterocycles. The molecule has 0 amide bonds. The predicted octanol–water partition coefficient (Wildman–Crippen LogP) is 3.46. The number of thiophene rings is 1. The van der Waals surface area contributed by atoms with Gasteiger partial charge < -0.3 is 5.32 Å². The maximum Gasteiger partial charge on any atom is 0.269 e. The lowest BCUT2D eigenvalue weighted by molar-refractivity contribution is -0.384. The molecule has 0 saturated heterocycles. The van der Waals surface area contributed by atoms with Crippen LogP contribution in [0.3, 0.4) is 0 Å². The van der Waals surface area contributed by atoms with Crippen LogP contribution in [0.15, 0.2) is 54.1 Å². The van der Waals surface area contributed by atoms with Crippen LogP contribution in [-0.4, -0.2) is 10.7 Å². The van der Waals surface area contributed by atoms with Crippen molar-refractivity contribution in [3.05, 3.63) is 69.0 Å². The lowest BCUT2D eigenvalue weighted by Gasteiger charge is -1.99. The van der Waals surface area contributed by atoms with Gasteiger partial charge in [-0.1, -0.05) is 6.07 Å². The summed E-state index contributed by atoms with van der Waals surface area (Å²) in [7, 11) is 0. The Balaban J connectivity index is 1.95. The smallest absolute Gasteiger partial charge is 0.269 e. The number of anilines is 1. The number of rotatable bonds is 5. The largest absolute Gasteiger partial charge is 0.362 e. The van der Waals surface area contributed by atoms with E-state index in [1.54, 1.807) is 18.2 Å². The van der Waals surface area contributed by atoms with Crippen molar-refractivity contribution in [3.63, 3.8) is 0 Å². The van der Waals surface area contributed by atoms with Crippen LogP contribution in [0.4, 0.5) is 11.4 Å². The first-order valence-electron chi connectivity index (χ1n) is 5.42. The van der Waals surface area contributed by atoms with Gasteiger partial charge in [0, 0.05) is 30.1 Å². The van der Waals surface area contributed by atoms with Crippen molar-refractivity contribution < 1.29 is 9.72 Å². The van der Waals surface area contributed by atoms with Crippen LogP contribution in [0.25, 0.3) is 0 Å². The molecule has 1 aromatic carbocycles. The quantitative estimate of drug-likeness (QED) is 0.392. The van der Waals surface area contributed by atoms with Gasteiger partial charge in [0.25, 0.3) is 5.69 Å². The fourth-order valence-electron chi connectivity index (χ4n) is 1.39. The van der Waals surface area contributed by atoms with E-state index < -0.39 is 4.92 Å². The van der Waals surface area contributed by atoms with E-state index in [0.29, 0.717) is 10.6 Å². The molecule has 1 aromatic heterocycles. The van der Waals surface area contributed by atoms with Gasteiger partial charge in [0.15, 0.2) is 5.78 Å². The molecule has 1 N–H and O–H groups in total. The number of nitrogens with one attached hydrogen (secondary N) is 1. The van der Waals surface area contributed by atoms with Gasteiger partial charge in [-0.05, 0) is 23.6 Å². The van der Waals surface area contributed by atoms with Gasteiger partial charge in [0.2, 0.25) is 0 Å². The highest BCUT2D eigenvalue weighted by Gasteiger charge is 2.03. The minimum atomic E-state index is -0.458. The van der Waals surface area contributed by atoms with Gasteiger partial charge in [0.1, 0.15) is 0 Å². The van der Waals surface area contributed by atoms with Gasteiger partial charge in [-0.15, -0.1) is 11.3 Å². The normalized spacial score (nSPS) is 10.5. The third-order valence-corrected chi connectivity index (χ3v) is 3.21. The molecule has 5 nitrogen and oxygen atoms in total. The summed E-state index contributed by atoms with van der Waals surface area (Å²) in [6.07, 6.45) is 2.94. The number of carbonyl (C=O) groups is 1. The fraction of sp³-hybridized carbons (Fsp3) is 0. The number of benzene rings is 1. The highest BCUT2D eigenvalue weighted by molar-refractivity contribution is 7.12. The average Bonchev–Trinajstić information content (AvgIpc) is 2.93. The van der Waals surface area contributed by atoms with Gasteiger partial charge in [-0.25, -0.2) is 0 Å². The molecule has 96 valence electrons. The minimum Gasteiger partial charge on any atom is -0.362 e. The minimum absolute atomic E-state index is 0.0317. The van der Waals surface area contributed by atoms with Crippen LogP contribution in [0.5, 0.6) is 0 Å². The lowest BCUT2D eigenvalue weighted by Crippen LogP contribution is -1.94. The van der Waals surface area contributed by atoms with Crippen molar-refractivity contribution >= 4 is 28.5 Å². The summed E-state index contributed by atoms with van der Waals surface area (Å²) in [5, 5.41) is 15.2. The van der Waals surface area contributed by atoms with E-state index in [1.807, 2.05) is 11.4 Å². The van der Waals surface area contributed by atoms with E-state index in [1.165, 1.54) is 35.7 Å². The standard InChI is InChI=1S/C13H10N2O3S/c16-12(13-2-1-9-19-13)7-8-14-10-3-5-11(6-4-10)15(17)18/h1-9,14H. The molecule has 2 rings (SSSR count). The van der Waals surface area contributed by atoms with Gasteiger partial charge >= 0.3 is 0 Å². The van der Waals surface area contributed by atoms with Crippen LogP contribution in [0.2, 0.25) is 0 Å². The second-order valence-corrected chi connectivity index (χ2v) is 4.57. The molecular weight excluding hydrogens is 264 g/mol. The molecule has 0 atom stereocenters. The van der Waals surface area contributed by atoms with Gasteiger partial charge in [-0.3, -0.25) is 14.9 Å². The molecule has 2 aromatic rings. The molecule has 0 saturated carbocycles. The molecule has 0 unspecified atom stereocenters. The van der Waals surface area contributed by atoms with E-state index in [9.17, 15) is 14.9 Å². The van der Waals surface area contributed by atoms with E-state index in [-0.39, 0.29) is 11.5 Å². The third kappa shape index (κ3) is 3.49. The highest BCUT2D eigenvalue weighted by atomic mass is 32.1. The van der Waals surface area contributed by atoms with Gasteiger partial charge in [0.05, 0.1) is 9.80 Å². The van der Waals surface area contributed by atoms with Crippen molar-refractivity contribution in [2.75, 3.05) is 5.32 Å². The van der Waals surface area contributed by atoms with Crippen molar-refractivity contribution in [3.8, 4) is 0 Å². The number of carbonyl (C=O) groups excluding carboxylic acids is 1. The summed E-state index contributed by atoms with van der Waals surface area (Å²) in [5.41, 5.74) is 0.713. The second-order valence-electron chi connectivity index (χ2n) is 3.62. The number of nitro benzene ring substituents is 1. The Morgan fingerprint density at radius 3 is 2.58 bits per heavy atom. The number of nitrogens with zero attached hydrogens (tertiary/aromatic N) is 1. The van der Waals surface area contributed by atoms with E-state index in [0.717, 1.165) is 0 Å². The average molecular weight is 274 g/mol. The maximum absolute atomic E-state index is 11.6. The van der Waals surface area contributed by atoms with E-state index in [4.69, 9.17) is 0 Å². The molecule has 0 aliphatic rings. The summed E-state index contributed by atoms with van der Waals surface area (Å²) in [4.78, 5) is 22.3. The Bertz CT molecular complexity index is 603. The monoisotopic (exact) mass is 274 g/mol. The van der Waals surface area contributed by atoms with Crippen LogP contribution in [-0.2, 0) is 0 Å². The Hall–Kier alpha value is -2.47. The number of non-ortho nitro benzene ring substituents is 1. The molecule has 0 bridgehead atoms. The molecule has 0 radical (unpaired) electrons. The Labute approximate surface area is 113 Å². The van der Waals surface area contributed by atoms with Crippen LogP contribution in [0.1, 0.15) is 9.67 Å². The van der Waals surface area contributed by atoms with E-state index in [2.05, 4.69) is 5.32 Å². The number of allylic oxidation sites excluding steroid dienone is 1. The summed E-state index contributed by atoms with van der Waals surface area (Å²) in [5.74, 6) is -0.0792. The van der Waals surface area contributed by atoms with Crippen LogP contribution in [0, 0.1) is 10.1 Å². The second kappa shape index (κ2) is 5.92. The van der Waals surface area contributed by atoms with Crippen molar-refractivity contribution in [2.45, 2.75) is 0 Å². The van der Waals surface area contributed by atoms with Crippen molar-refractivity contribution in [1.82, 2.24) is 0 Å². The zero-order valence-electron chi connectivity index (χ0n) is 9.78. The molecular formula is C13H10N2O3S. The molecule has 6 heteroatoms. The fourth-order valence-corrected chi connectivity index (χ4v) is 2.04. The first-order chi connectivity index (χ1) is 9.16. The lowest BCUT2D eigenvalue weighted by atomic mass is 10.3. The number of nitro groups is 1. The number of hydrogen-bond acceptors (Lipinski definition) is 5. The van der Waals surface area contributed by atoms with Crippen LogP contribution >= 0.6 is 11.3 Å². The summed E-state index contributed by atoms with van der Waals surface area (Å²) < 4.78 is 0. The molecule has 0 aliphatic carbocycles. The Morgan fingerprint density at radius 2 is 2.00 bits per heavy atom. The van der Waals surface area contributed by atoms with Crippen molar-refractivity contribution in [2.24, 2.45) is 0 Å². The predicted molar refractivity (Wildman–Crippen MR) is 74.5 cm³/mol. The SMILES string of the molecule is O=C(C=CNc1ccc([N+](=O)[O-])cc1)c1cccs1. The molecule has 19 heavy (non-hydrogen) atoms. The third-order valence-electron chi connectivity index (χ3n) is 2.33. The summed E-state index contributed by atoms with van der Waals surface area (Å²) in [6.45, 7) is 0. The zero-order valence-corrected chi connectivity index (χ0v) is 10.6. The molecule has 0 fully saturated rings. The first kappa shape index (κ1) is 13.0. The zero-order chi connectivity index (χ0) is 13.7. The van der Waals surface area contributed by atoms with Crippen LogP contribution < -0.4 is 5.32 Å².